The third-order valence-electron chi connectivity index (χ3n) is 4.05. The molecule has 0 bridgehead atoms. The lowest BCUT2D eigenvalue weighted by Gasteiger charge is -2.07. The molecule has 3 rings (SSSR count). The highest BCUT2D eigenvalue weighted by molar-refractivity contribution is 8.00. The molecular formula is C22H23N3O2S2. The first-order valence-corrected chi connectivity index (χ1v) is 11.2. The van der Waals surface area contributed by atoms with E-state index in [1.807, 2.05) is 68.4 Å². The quantitative estimate of drug-likeness (QED) is 0.462. The van der Waals surface area contributed by atoms with Gasteiger partial charge in [-0.15, -0.1) is 23.1 Å². The highest BCUT2D eigenvalue weighted by Crippen LogP contribution is 2.30. The number of nitrogens with zero attached hydrogens (tertiary/aromatic N) is 1. The van der Waals surface area contributed by atoms with E-state index in [1.54, 1.807) is 0 Å². The summed E-state index contributed by atoms with van der Waals surface area (Å²) in [6.07, 6.45) is 1.31. The number of rotatable bonds is 8. The van der Waals surface area contributed by atoms with Crippen LogP contribution in [0, 0.1) is 6.92 Å². The minimum atomic E-state index is -0.108. The largest absolute Gasteiger partial charge is 0.326 e. The third kappa shape index (κ3) is 6.17. The molecular weight excluding hydrogens is 402 g/mol. The Bertz CT molecular complexity index is 987. The first kappa shape index (κ1) is 21.1. The van der Waals surface area contributed by atoms with Gasteiger partial charge in [0.15, 0.2) is 5.13 Å². The molecule has 1 heterocycles. The molecule has 2 aromatic carbocycles. The van der Waals surface area contributed by atoms with Gasteiger partial charge in [-0.25, -0.2) is 4.98 Å². The summed E-state index contributed by atoms with van der Waals surface area (Å²) in [5.41, 5.74) is 2.68. The number of thiazole rings is 1. The number of carbonyl (C=O) groups is 2. The molecule has 0 unspecified atom stereocenters. The van der Waals surface area contributed by atoms with Crippen LogP contribution in [-0.2, 0) is 9.59 Å². The minimum absolute atomic E-state index is 0.000697. The third-order valence-corrected chi connectivity index (χ3v) is 5.93. The lowest BCUT2D eigenvalue weighted by atomic mass is 10.1. The highest BCUT2D eigenvalue weighted by atomic mass is 32.2. The van der Waals surface area contributed by atoms with Crippen LogP contribution in [0.25, 0.3) is 11.3 Å². The van der Waals surface area contributed by atoms with E-state index in [0.29, 0.717) is 11.6 Å². The molecule has 2 amide bonds. The number of anilines is 2. The predicted molar refractivity (Wildman–Crippen MR) is 122 cm³/mol. The average molecular weight is 426 g/mol. The zero-order chi connectivity index (χ0) is 20.6. The molecule has 5 nitrogen and oxygen atoms in total. The van der Waals surface area contributed by atoms with Gasteiger partial charge in [-0.05, 0) is 31.5 Å². The van der Waals surface area contributed by atoms with Crippen LogP contribution in [0.5, 0.6) is 0 Å². The smallest absolute Gasteiger partial charge is 0.236 e. The van der Waals surface area contributed by atoms with Crippen LogP contribution in [0.4, 0.5) is 10.8 Å². The fourth-order valence-electron chi connectivity index (χ4n) is 2.73. The summed E-state index contributed by atoms with van der Waals surface area (Å²) in [5, 5.41) is 6.36. The molecule has 0 saturated heterocycles. The molecule has 2 N–H and O–H groups in total. The van der Waals surface area contributed by atoms with Crippen molar-refractivity contribution in [3.05, 3.63) is 59.5 Å². The van der Waals surface area contributed by atoms with Crippen LogP contribution in [0.3, 0.4) is 0 Å². The van der Waals surface area contributed by atoms with Crippen molar-refractivity contribution in [2.24, 2.45) is 0 Å². The van der Waals surface area contributed by atoms with Crippen molar-refractivity contribution in [1.82, 2.24) is 4.98 Å². The van der Waals surface area contributed by atoms with Crippen LogP contribution in [-0.4, -0.2) is 22.6 Å². The lowest BCUT2D eigenvalue weighted by Crippen LogP contribution is -2.14. The fraction of sp³-hybridized carbons (Fsp3) is 0.227. The van der Waals surface area contributed by atoms with Crippen molar-refractivity contribution in [2.45, 2.75) is 31.6 Å². The maximum atomic E-state index is 12.4. The van der Waals surface area contributed by atoms with Crippen LogP contribution in [0.15, 0.2) is 59.5 Å². The van der Waals surface area contributed by atoms with Crippen molar-refractivity contribution in [1.29, 1.82) is 0 Å². The number of benzene rings is 2. The summed E-state index contributed by atoms with van der Waals surface area (Å²) in [7, 11) is 0. The SMILES string of the molecule is CCCC(=O)Nc1cccc(SCC(=O)Nc2nc(-c3ccccc3)c(C)s2)c1. The highest BCUT2D eigenvalue weighted by Gasteiger charge is 2.12. The standard InChI is InChI=1S/C22H23N3O2S2/c1-3-8-19(26)23-17-11-7-12-18(13-17)28-14-20(27)24-22-25-21(15(2)29-22)16-9-5-4-6-10-16/h4-7,9-13H,3,8,14H2,1-2H3,(H,23,26)(H,24,25,27). The second-order valence-corrected chi connectivity index (χ2v) is 8.70. The van der Waals surface area contributed by atoms with E-state index in [9.17, 15) is 9.59 Å². The summed E-state index contributed by atoms with van der Waals surface area (Å²) < 4.78 is 0. The topological polar surface area (TPSA) is 71.1 Å². The molecule has 0 aliphatic carbocycles. The first-order chi connectivity index (χ1) is 14.0. The Kier molecular flexibility index (Phi) is 7.43. The number of thioether (sulfide) groups is 1. The van der Waals surface area contributed by atoms with Crippen molar-refractivity contribution in [3.63, 3.8) is 0 Å². The molecule has 0 radical (unpaired) electrons. The molecule has 29 heavy (non-hydrogen) atoms. The molecule has 3 aromatic rings. The van der Waals surface area contributed by atoms with Crippen LogP contribution in [0.1, 0.15) is 24.6 Å². The Morgan fingerprint density at radius 3 is 2.59 bits per heavy atom. The van der Waals surface area contributed by atoms with Gasteiger partial charge >= 0.3 is 0 Å². The summed E-state index contributed by atoms with van der Waals surface area (Å²) in [5.74, 6) is 0.163. The monoisotopic (exact) mass is 425 g/mol. The Hall–Kier alpha value is -2.64. The van der Waals surface area contributed by atoms with E-state index in [2.05, 4.69) is 15.6 Å². The number of aromatic nitrogens is 1. The Balaban J connectivity index is 1.56. The molecule has 0 saturated carbocycles. The van der Waals surface area contributed by atoms with Gasteiger partial charge in [-0.1, -0.05) is 43.3 Å². The van der Waals surface area contributed by atoms with Gasteiger partial charge in [0.1, 0.15) is 0 Å². The summed E-state index contributed by atoms with van der Waals surface area (Å²) >= 11 is 2.90. The molecule has 0 aliphatic heterocycles. The number of carbonyl (C=O) groups excluding carboxylic acids is 2. The number of nitrogens with one attached hydrogen (secondary N) is 2. The Morgan fingerprint density at radius 2 is 1.83 bits per heavy atom. The minimum Gasteiger partial charge on any atom is -0.326 e. The molecule has 1 aromatic heterocycles. The van der Waals surface area contributed by atoms with E-state index < -0.39 is 0 Å². The lowest BCUT2D eigenvalue weighted by molar-refractivity contribution is -0.116. The van der Waals surface area contributed by atoms with E-state index in [0.717, 1.165) is 33.1 Å². The average Bonchev–Trinajstić information content (AvgIpc) is 3.07. The second-order valence-electron chi connectivity index (χ2n) is 6.45. The van der Waals surface area contributed by atoms with E-state index in [-0.39, 0.29) is 17.6 Å². The molecule has 0 spiro atoms. The fourth-order valence-corrected chi connectivity index (χ4v) is 4.34. The van der Waals surface area contributed by atoms with Gasteiger partial charge < -0.3 is 10.6 Å². The van der Waals surface area contributed by atoms with Gasteiger partial charge in [-0.2, -0.15) is 0 Å². The van der Waals surface area contributed by atoms with E-state index in [4.69, 9.17) is 0 Å². The van der Waals surface area contributed by atoms with Gasteiger partial charge in [0.2, 0.25) is 11.8 Å². The summed E-state index contributed by atoms with van der Waals surface area (Å²) in [4.78, 5) is 30.7. The maximum Gasteiger partial charge on any atom is 0.236 e. The van der Waals surface area contributed by atoms with Crippen molar-refractivity contribution < 1.29 is 9.59 Å². The van der Waals surface area contributed by atoms with Gasteiger partial charge in [0.05, 0.1) is 11.4 Å². The van der Waals surface area contributed by atoms with Crippen molar-refractivity contribution >= 4 is 45.7 Å². The summed E-state index contributed by atoms with van der Waals surface area (Å²) in [6, 6.07) is 17.5. The first-order valence-electron chi connectivity index (χ1n) is 9.40. The van der Waals surface area contributed by atoms with Gasteiger partial charge in [0, 0.05) is 27.4 Å². The molecule has 0 fully saturated rings. The molecule has 0 atom stereocenters. The molecule has 0 aliphatic rings. The number of aryl methyl sites for hydroxylation is 1. The van der Waals surface area contributed by atoms with Crippen LogP contribution < -0.4 is 10.6 Å². The van der Waals surface area contributed by atoms with E-state index in [1.165, 1.54) is 23.1 Å². The predicted octanol–water partition coefficient (Wildman–Crippen LogP) is 5.59. The van der Waals surface area contributed by atoms with Crippen molar-refractivity contribution in [3.8, 4) is 11.3 Å². The zero-order valence-electron chi connectivity index (χ0n) is 16.4. The number of amides is 2. The number of hydrogen-bond acceptors (Lipinski definition) is 5. The second kappa shape index (κ2) is 10.2. The van der Waals surface area contributed by atoms with Crippen LogP contribution >= 0.6 is 23.1 Å². The number of hydrogen-bond donors (Lipinski definition) is 2. The Labute approximate surface area is 179 Å². The maximum absolute atomic E-state index is 12.4. The normalized spacial score (nSPS) is 10.6. The van der Waals surface area contributed by atoms with Gasteiger partial charge in [-0.3, -0.25) is 9.59 Å². The van der Waals surface area contributed by atoms with Crippen molar-refractivity contribution in [2.75, 3.05) is 16.4 Å². The Morgan fingerprint density at radius 1 is 1.03 bits per heavy atom. The van der Waals surface area contributed by atoms with Gasteiger partial charge in [0.25, 0.3) is 0 Å². The zero-order valence-corrected chi connectivity index (χ0v) is 18.0. The molecule has 150 valence electrons. The van der Waals surface area contributed by atoms with Crippen LogP contribution in [0.2, 0.25) is 0 Å². The van der Waals surface area contributed by atoms with E-state index >= 15 is 0 Å². The summed E-state index contributed by atoms with van der Waals surface area (Å²) in [6.45, 7) is 3.97. The molecule has 7 heteroatoms.